The molecule has 0 saturated carbocycles. The van der Waals surface area contributed by atoms with Crippen molar-refractivity contribution in [1.29, 1.82) is 0 Å². The molecule has 0 N–H and O–H groups in total. The van der Waals surface area contributed by atoms with Gasteiger partial charge < -0.3 is 4.74 Å². The molecule has 8 aromatic rings. The lowest BCUT2D eigenvalue weighted by atomic mass is 9.85. The average molecular weight is 706 g/mol. The summed E-state index contributed by atoms with van der Waals surface area (Å²) in [6.45, 7) is 0. The summed E-state index contributed by atoms with van der Waals surface area (Å²) in [6, 6.07) is 63.2. The quantitative estimate of drug-likeness (QED) is 0.166. The number of aromatic nitrogens is 3. The van der Waals surface area contributed by atoms with Gasteiger partial charge >= 0.3 is 0 Å². The Morgan fingerprint density at radius 2 is 0.909 bits per heavy atom. The monoisotopic (exact) mass is 705 g/mol. The van der Waals surface area contributed by atoms with Gasteiger partial charge in [0, 0.05) is 28.2 Å². The first-order valence-corrected chi connectivity index (χ1v) is 18.7. The van der Waals surface area contributed by atoms with Gasteiger partial charge in [-0.2, -0.15) is 0 Å². The number of nitrogens with zero attached hydrogens (tertiary/aromatic N) is 3. The largest absolute Gasteiger partial charge is 0.485 e. The second-order valence-corrected chi connectivity index (χ2v) is 13.9. The van der Waals surface area contributed by atoms with Crippen molar-refractivity contribution in [3.63, 3.8) is 0 Å². The van der Waals surface area contributed by atoms with Crippen LogP contribution in [0.15, 0.2) is 200 Å². The maximum Gasteiger partial charge on any atom is 0.164 e. The van der Waals surface area contributed by atoms with Crippen LogP contribution in [-0.2, 0) is 0 Å². The van der Waals surface area contributed by atoms with E-state index in [2.05, 4.69) is 182 Å². The van der Waals surface area contributed by atoms with Crippen LogP contribution in [0.5, 0.6) is 5.75 Å². The van der Waals surface area contributed by atoms with Gasteiger partial charge in [0.15, 0.2) is 17.5 Å². The molecule has 0 bridgehead atoms. The van der Waals surface area contributed by atoms with E-state index < -0.39 is 0 Å². The minimum atomic E-state index is -0.123. The lowest BCUT2D eigenvalue weighted by Gasteiger charge is -2.19. The average Bonchev–Trinajstić information content (AvgIpc) is 3.66. The van der Waals surface area contributed by atoms with Crippen molar-refractivity contribution in [1.82, 2.24) is 15.0 Å². The highest BCUT2D eigenvalue weighted by Gasteiger charge is 2.36. The van der Waals surface area contributed by atoms with Crippen molar-refractivity contribution in [3.8, 4) is 73.3 Å². The summed E-state index contributed by atoms with van der Waals surface area (Å²) in [7, 11) is 0. The van der Waals surface area contributed by atoms with Crippen molar-refractivity contribution >= 4 is 5.57 Å². The van der Waals surface area contributed by atoms with E-state index in [4.69, 9.17) is 19.7 Å². The molecule has 4 nitrogen and oxygen atoms in total. The fraction of sp³-hybridized carbons (Fsp3) is 0.0392. The van der Waals surface area contributed by atoms with Gasteiger partial charge in [-0.15, -0.1) is 0 Å². The van der Waals surface area contributed by atoms with Crippen molar-refractivity contribution in [2.75, 3.05) is 0 Å². The molecule has 1 aliphatic carbocycles. The van der Waals surface area contributed by atoms with E-state index in [1.165, 1.54) is 5.56 Å². The van der Waals surface area contributed by atoms with E-state index >= 15 is 0 Å². The fourth-order valence-electron chi connectivity index (χ4n) is 7.78. The number of rotatable bonds is 7. The molecule has 0 spiro atoms. The number of ether oxygens (including phenoxy) is 1. The Kier molecular flexibility index (Phi) is 8.27. The smallest absolute Gasteiger partial charge is 0.164 e. The van der Waals surface area contributed by atoms with Crippen LogP contribution < -0.4 is 4.74 Å². The highest BCUT2D eigenvalue weighted by molar-refractivity contribution is 5.87. The first-order chi connectivity index (χ1) is 27.2. The molecule has 0 radical (unpaired) electrons. The van der Waals surface area contributed by atoms with Gasteiger partial charge in [0.05, 0.1) is 0 Å². The third kappa shape index (κ3) is 6.24. The maximum absolute atomic E-state index is 6.63. The Bertz CT molecular complexity index is 2710. The van der Waals surface area contributed by atoms with Crippen molar-refractivity contribution < 1.29 is 4.74 Å². The summed E-state index contributed by atoms with van der Waals surface area (Å²) in [4.78, 5) is 15.7. The molecule has 4 heteroatoms. The van der Waals surface area contributed by atoms with Gasteiger partial charge in [-0.3, -0.25) is 0 Å². The first kappa shape index (κ1) is 32.5. The highest BCUT2D eigenvalue weighted by atomic mass is 16.5. The maximum atomic E-state index is 6.63. The van der Waals surface area contributed by atoms with Gasteiger partial charge in [-0.1, -0.05) is 182 Å². The molecule has 2 atom stereocenters. The van der Waals surface area contributed by atoms with E-state index in [-0.39, 0.29) is 12.0 Å². The lowest BCUT2D eigenvalue weighted by Crippen LogP contribution is -2.17. The summed E-state index contributed by atoms with van der Waals surface area (Å²) in [5, 5.41) is 0. The van der Waals surface area contributed by atoms with E-state index in [1.54, 1.807) is 0 Å². The van der Waals surface area contributed by atoms with Crippen LogP contribution in [-0.4, -0.2) is 21.1 Å². The summed E-state index contributed by atoms with van der Waals surface area (Å²) < 4.78 is 6.63. The zero-order valence-corrected chi connectivity index (χ0v) is 30.0. The standard InChI is InChI=1S/C51H35N3O/c1-5-14-34(15-6-1)36-24-26-39(27-25-36)49-52-50(41-29-30-42(37-18-9-3-10-19-37)45(32-41)38-20-11-4-12-21-38)54-51(53-49)44-22-13-23-46-48(44)43-31-28-40(33-47(43)55-46)35-16-7-2-8-17-35/h1-33,43,47H. The van der Waals surface area contributed by atoms with E-state index in [9.17, 15) is 0 Å². The number of allylic oxidation sites excluding steroid dienone is 2. The molecule has 0 amide bonds. The first-order valence-electron chi connectivity index (χ1n) is 18.7. The van der Waals surface area contributed by atoms with E-state index in [0.717, 1.165) is 67.0 Å². The van der Waals surface area contributed by atoms with Crippen LogP contribution >= 0.6 is 0 Å². The minimum Gasteiger partial charge on any atom is -0.485 e. The molecular formula is C51H35N3O. The van der Waals surface area contributed by atoms with Crippen molar-refractivity contribution in [2.45, 2.75) is 12.0 Å². The van der Waals surface area contributed by atoms with Crippen LogP contribution in [0.1, 0.15) is 17.0 Å². The Balaban J connectivity index is 1.12. The van der Waals surface area contributed by atoms with Crippen molar-refractivity contribution in [3.05, 3.63) is 211 Å². The Hall–Kier alpha value is -7.17. The SMILES string of the molecule is C1=CC2c3c(cccc3-c3nc(-c4ccc(-c5ccccc5)cc4)nc(-c4ccc(-c5ccccc5)c(-c5ccccc5)c4)n3)OC2C=C1c1ccccc1. The van der Waals surface area contributed by atoms with Gasteiger partial charge in [-0.05, 0) is 62.7 Å². The normalized spacial score (nSPS) is 15.5. The van der Waals surface area contributed by atoms with Gasteiger partial charge in [0.1, 0.15) is 11.9 Å². The number of hydrogen-bond donors (Lipinski definition) is 0. The second-order valence-electron chi connectivity index (χ2n) is 13.9. The molecule has 2 unspecified atom stereocenters. The predicted octanol–water partition coefficient (Wildman–Crippen LogP) is 12.4. The van der Waals surface area contributed by atoms with Crippen molar-refractivity contribution in [2.24, 2.45) is 0 Å². The molecule has 1 aliphatic heterocycles. The molecule has 0 saturated heterocycles. The molecule has 2 heterocycles. The summed E-state index contributed by atoms with van der Waals surface area (Å²) in [6.07, 6.45) is 6.59. The minimum absolute atomic E-state index is 0.0299. The molecule has 7 aromatic carbocycles. The lowest BCUT2D eigenvalue weighted by molar-refractivity contribution is 0.269. The molecular weight excluding hydrogens is 671 g/mol. The molecule has 2 aliphatic rings. The molecule has 10 rings (SSSR count). The number of benzene rings is 7. The third-order valence-electron chi connectivity index (χ3n) is 10.5. The van der Waals surface area contributed by atoms with Crippen LogP contribution in [0.2, 0.25) is 0 Å². The zero-order chi connectivity index (χ0) is 36.6. The zero-order valence-electron chi connectivity index (χ0n) is 30.0. The van der Waals surface area contributed by atoms with Gasteiger partial charge in [0.25, 0.3) is 0 Å². The molecule has 260 valence electrons. The number of fused-ring (bicyclic) bond motifs is 3. The predicted molar refractivity (Wildman–Crippen MR) is 223 cm³/mol. The topological polar surface area (TPSA) is 47.9 Å². The Morgan fingerprint density at radius 3 is 1.58 bits per heavy atom. The van der Waals surface area contributed by atoms with Crippen LogP contribution in [0.3, 0.4) is 0 Å². The van der Waals surface area contributed by atoms with E-state index in [0.29, 0.717) is 17.5 Å². The van der Waals surface area contributed by atoms with Crippen LogP contribution in [0.25, 0.3) is 73.1 Å². The molecule has 0 fully saturated rings. The van der Waals surface area contributed by atoms with Gasteiger partial charge in [-0.25, -0.2) is 15.0 Å². The van der Waals surface area contributed by atoms with E-state index in [1.807, 2.05) is 18.2 Å². The van der Waals surface area contributed by atoms with Crippen LogP contribution in [0, 0.1) is 0 Å². The fourth-order valence-corrected chi connectivity index (χ4v) is 7.78. The van der Waals surface area contributed by atoms with Gasteiger partial charge in [0.2, 0.25) is 0 Å². The Labute approximate surface area is 320 Å². The van der Waals surface area contributed by atoms with Crippen LogP contribution in [0.4, 0.5) is 0 Å². The second kappa shape index (κ2) is 14.0. The highest BCUT2D eigenvalue weighted by Crippen LogP contribution is 2.47. The number of hydrogen-bond acceptors (Lipinski definition) is 4. The molecule has 1 aromatic heterocycles. The Morgan fingerprint density at radius 1 is 0.382 bits per heavy atom. The summed E-state index contributed by atoms with van der Waals surface area (Å²) >= 11 is 0. The molecule has 55 heavy (non-hydrogen) atoms. The summed E-state index contributed by atoms with van der Waals surface area (Å²) in [5.74, 6) is 2.74. The third-order valence-corrected chi connectivity index (χ3v) is 10.5. The summed E-state index contributed by atoms with van der Waals surface area (Å²) in [5.41, 5.74) is 13.1.